The summed E-state index contributed by atoms with van der Waals surface area (Å²) in [6.45, 7) is 0.189. The number of rotatable bonds is 5. The van der Waals surface area contributed by atoms with Gasteiger partial charge in [-0.2, -0.15) is 13.2 Å². The van der Waals surface area contributed by atoms with E-state index in [1.807, 2.05) is 17.4 Å². The van der Waals surface area contributed by atoms with Gasteiger partial charge in [0.25, 0.3) is 11.8 Å². The maximum atomic E-state index is 13.2. The highest BCUT2D eigenvalue weighted by Gasteiger charge is 2.39. The first-order chi connectivity index (χ1) is 17.5. The summed E-state index contributed by atoms with van der Waals surface area (Å²) in [5.41, 5.74) is -0.970. The summed E-state index contributed by atoms with van der Waals surface area (Å²) in [6.07, 6.45) is -3.55. The Hall–Kier alpha value is -3.34. The fourth-order valence-corrected chi connectivity index (χ4v) is 4.30. The highest BCUT2D eigenvalue weighted by atomic mass is 79.9. The summed E-state index contributed by atoms with van der Waals surface area (Å²) >= 11 is 15.5. The number of ether oxygens (including phenoxy) is 1. The molecule has 190 valence electrons. The van der Waals surface area contributed by atoms with Gasteiger partial charge in [-0.05, 0) is 64.0 Å². The number of barbiturate groups is 1. The fourth-order valence-electron chi connectivity index (χ4n) is 3.40. The molecular weight excluding hydrogens is 600 g/mol. The van der Waals surface area contributed by atoms with Gasteiger partial charge in [-0.15, -0.1) is 0 Å². The van der Waals surface area contributed by atoms with Gasteiger partial charge in [0.05, 0.1) is 20.7 Å². The van der Waals surface area contributed by atoms with E-state index in [0.717, 1.165) is 11.6 Å². The normalized spacial score (nSPS) is 15.2. The molecule has 0 aliphatic carbocycles. The van der Waals surface area contributed by atoms with Crippen LogP contribution in [-0.4, -0.2) is 17.8 Å². The van der Waals surface area contributed by atoms with Crippen molar-refractivity contribution in [1.29, 1.82) is 0 Å². The summed E-state index contributed by atoms with van der Waals surface area (Å²) in [5, 5.41) is 2.21. The van der Waals surface area contributed by atoms with Crippen LogP contribution in [0.2, 0.25) is 10.0 Å². The third-order valence-electron chi connectivity index (χ3n) is 5.22. The van der Waals surface area contributed by atoms with Crippen LogP contribution in [0.25, 0.3) is 6.08 Å². The van der Waals surface area contributed by atoms with Crippen LogP contribution >= 0.6 is 39.1 Å². The van der Waals surface area contributed by atoms with E-state index in [1.165, 1.54) is 6.08 Å². The lowest BCUT2D eigenvalue weighted by Crippen LogP contribution is -2.54. The van der Waals surface area contributed by atoms with Crippen LogP contribution in [0, 0.1) is 0 Å². The molecule has 6 nitrogen and oxygen atoms in total. The number of imide groups is 2. The van der Waals surface area contributed by atoms with Crippen LogP contribution in [0.15, 0.2) is 70.7 Å². The van der Waals surface area contributed by atoms with Gasteiger partial charge in [-0.1, -0.05) is 47.5 Å². The molecule has 1 saturated heterocycles. The monoisotopic (exact) mass is 612 g/mol. The Balaban J connectivity index is 1.62. The lowest BCUT2D eigenvalue weighted by molar-refractivity contribution is -0.137. The highest BCUT2D eigenvalue weighted by Crippen LogP contribution is 2.37. The van der Waals surface area contributed by atoms with Crippen LogP contribution < -0.4 is 15.0 Å². The maximum absolute atomic E-state index is 13.2. The second-order valence-corrected chi connectivity index (χ2v) is 9.36. The third-order valence-corrected chi connectivity index (χ3v) is 6.53. The summed E-state index contributed by atoms with van der Waals surface area (Å²) in [4.78, 5) is 38.3. The molecule has 0 spiro atoms. The van der Waals surface area contributed by atoms with E-state index >= 15 is 0 Å². The van der Waals surface area contributed by atoms with E-state index in [9.17, 15) is 27.6 Å². The zero-order valence-electron chi connectivity index (χ0n) is 18.4. The number of anilines is 1. The van der Waals surface area contributed by atoms with Crippen LogP contribution in [0.3, 0.4) is 0 Å². The molecule has 1 fully saturated rings. The molecule has 0 bridgehead atoms. The molecule has 1 heterocycles. The highest BCUT2D eigenvalue weighted by molar-refractivity contribution is 9.10. The lowest BCUT2D eigenvalue weighted by Gasteiger charge is -2.27. The SMILES string of the molecule is O=C1NC(=O)N(c2cc(C(F)(F)F)ccc2Cl)C(=O)/C1=C\c1ccc(OCc2ccccc2Cl)c(Br)c1. The quantitative estimate of drug-likeness (QED) is 0.248. The summed E-state index contributed by atoms with van der Waals surface area (Å²) in [6, 6.07) is 12.8. The van der Waals surface area contributed by atoms with Gasteiger partial charge < -0.3 is 4.74 Å². The molecule has 3 aromatic rings. The number of nitrogens with zero attached hydrogens (tertiary/aromatic N) is 1. The van der Waals surface area contributed by atoms with Crippen molar-refractivity contribution < 1.29 is 32.3 Å². The Kier molecular flexibility index (Phi) is 7.63. The largest absolute Gasteiger partial charge is 0.488 e. The van der Waals surface area contributed by atoms with Crippen molar-refractivity contribution >= 4 is 68.7 Å². The Labute approximate surface area is 226 Å². The lowest BCUT2D eigenvalue weighted by atomic mass is 10.1. The number of carbonyl (C=O) groups is 3. The Bertz CT molecular complexity index is 1460. The van der Waals surface area contributed by atoms with Gasteiger partial charge in [0.15, 0.2) is 0 Å². The van der Waals surface area contributed by atoms with E-state index in [4.69, 9.17) is 27.9 Å². The smallest absolute Gasteiger partial charge is 0.416 e. The molecule has 3 aromatic carbocycles. The van der Waals surface area contributed by atoms with E-state index in [0.29, 0.717) is 37.8 Å². The second-order valence-electron chi connectivity index (χ2n) is 7.69. The maximum Gasteiger partial charge on any atom is 0.416 e. The van der Waals surface area contributed by atoms with Gasteiger partial charge in [0.2, 0.25) is 0 Å². The molecule has 0 aromatic heterocycles. The van der Waals surface area contributed by atoms with Crippen molar-refractivity contribution in [3.05, 3.63) is 97.4 Å². The minimum atomic E-state index is -4.74. The van der Waals surface area contributed by atoms with Crippen molar-refractivity contribution in [2.45, 2.75) is 12.8 Å². The van der Waals surface area contributed by atoms with Crippen LogP contribution in [0.1, 0.15) is 16.7 Å². The zero-order chi connectivity index (χ0) is 26.9. The minimum Gasteiger partial charge on any atom is -0.488 e. The van der Waals surface area contributed by atoms with E-state index in [1.54, 1.807) is 30.3 Å². The Morgan fingerprint density at radius 3 is 2.38 bits per heavy atom. The van der Waals surface area contributed by atoms with E-state index in [-0.39, 0.29) is 11.6 Å². The first kappa shape index (κ1) is 26.7. The van der Waals surface area contributed by atoms with E-state index < -0.39 is 40.8 Å². The number of carbonyl (C=O) groups excluding carboxylic acids is 3. The van der Waals surface area contributed by atoms with Crippen molar-refractivity contribution in [2.75, 3.05) is 4.90 Å². The first-order valence-corrected chi connectivity index (χ1v) is 11.9. The number of hydrogen-bond donors (Lipinski definition) is 1. The van der Waals surface area contributed by atoms with Crippen LogP contribution in [-0.2, 0) is 22.4 Å². The minimum absolute atomic E-state index is 0.189. The van der Waals surface area contributed by atoms with Gasteiger partial charge in [-0.25, -0.2) is 9.69 Å². The van der Waals surface area contributed by atoms with Gasteiger partial charge in [-0.3, -0.25) is 14.9 Å². The molecule has 0 radical (unpaired) electrons. The van der Waals surface area contributed by atoms with Gasteiger partial charge >= 0.3 is 12.2 Å². The summed E-state index contributed by atoms with van der Waals surface area (Å²) in [7, 11) is 0. The predicted molar refractivity (Wildman–Crippen MR) is 135 cm³/mol. The number of halogens is 6. The van der Waals surface area contributed by atoms with E-state index in [2.05, 4.69) is 15.9 Å². The van der Waals surface area contributed by atoms with Crippen molar-refractivity contribution in [3.63, 3.8) is 0 Å². The average Bonchev–Trinajstić information content (AvgIpc) is 2.82. The standard InChI is InChI=1S/C25H14BrCl2F3N2O4/c26-17-10-13(5-8-21(17)37-12-14-3-1-2-4-18(14)27)9-16-22(34)32-24(36)33(23(16)35)20-11-15(25(29,30)31)6-7-19(20)28/h1-11H,12H2,(H,32,34,36)/b16-9-. The summed E-state index contributed by atoms with van der Waals surface area (Å²) in [5.74, 6) is -1.69. The predicted octanol–water partition coefficient (Wildman–Crippen LogP) is 7.02. The topological polar surface area (TPSA) is 75.7 Å². The molecule has 4 rings (SSSR count). The number of urea groups is 1. The Morgan fingerprint density at radius 1 is 0.973 bits per heavy atom. The molecule has 4 amide bonds. The number of nitrogens with one attached hydrogen (secondary N) is 1. The van der Waals surface area contributed by atoms with Crippen LogP contribution in [0.5, 0.6) is 5.75 Å². The van der Waals surface area contributed by atoms with Crippen LogP contribution in [0.4, 0.5) is 23.7 Å². The molecule has 0 saturated carbocycles. The van der Waals surface area contributed by atoms with Crippen molar-refractivity contribution in [1.82, 2.24) is 5.32 Å². The average molecular weight is 614 g/mol. The van der Waals surface area contributed by atoms with Crippen molar-refractivity contribution in [3.8, 4) is 5.75 Å². The van der Waals surface area contributed by atoms with Gasteiger partial charge in [0.1, 0.15) is 17.9 Å². The molecule has 0 atom stereocenters. The molecule has 1 aliphatic rings. The Morgan fingerprint density at radius 2 is 1.70 bits per heavy atom. The molecule has 12 heteroatoms. The third kappa shape index (κ3) is 5.82. The number of alkyl halides is 3. The zero-order valence-corrected chi connectivity index (χ0v) is 21.5. The molecule has 37 heavy (non-hydrogen) atoms. The molecule has 1 aliphatic heterocycles. The van der Waals surface area contributed by atoms with Gasteiger partial charge in [0, 0.05) is 10.6 Å². The number of benzene rings is 3. The molecular formula is C25H14BrCl2F3N2O4. The fraction of sp³-hybridized carbons (Fsp3) is 0.0800. The summed E-state index contributed by atoms with van der Waals surface area (Å²) < 4.78 is 45.9. The number of amides is 4. The first-order valence-electron chi connectivity index (χ1n) is 10.4. The number of hydrogen-bond acceptors (Lipinski definition) is 4. The van der Waals surface area contributed by atoms with Crippen molar-refractivity contribution in [2.24, 2.45) is 0 Å². The second kappa shape index (κ2) is 10.6. The molecule has 1 N–H and O–H groups in total. The molecule has 0 unspecified atom stereocenters.